The van der Waals surface area contributed by atoms with Crippen LogP contribution in [0.1, 0.15) is 21.5 Å². The molecule has 4 rings (SSSR count). The molecule has 4 N–H and O–H groups in total. The molecule has 0 saturated carbocycles. The second-order valence-electron chi connectivity index (χ2n) is 6.81. The number of phenols is 2. The first-order valence-corrected chi connectivity index (χ1v) is 9.50. The first-order chi connectivity index (χ1) is 14.4. The molecule has 6 nitrogen and oxygen atoms in total. The van der Waals surface area contributed by atoms with Crippen LogP contribution in [0.15, 0.2) is 66.9 Å². The first kappa shape index (κ1) is 19.5. The van der Waals surface area contributed by atoms with Gasteiger partial charge < -0.3 is 15.5 Å². The largest absolute Gasteiger partial charge is 0.504 e. The third-order valence-corrected chi connectivity index (χ3v) is 5.05. The van der Waals surface area contributed by atoms with Crippen LogP contribution in [0.3, 0.4) is 0 Å². The standard InChI is InChI=1S/C23H17ClN2O4/c24-16-5-2-14(3-6-16)15-4-7-17-18(10-15)19(23(30)26-22(17)29)12-25-11-13-1-8-20(27)21(28)9-13/h1-10,12,25,27-28H,11H2,(H,26,29,30)/b19-12+. The molecular weight excluding hydrogens is 404 g/mol. The molecule has 1 aliphatic rings. The van der Waals surface area contributed by atoms with Crippen molar-refractivity contribution in [3.63, 3.8) is 0 Å². The van der Waals surface area contributed by atoms with E-state index in [9.17, 15) is 19.8 Å². The Labute approximate surface area is 177 Å². The Morgan fingerprint density at radius 1 is 0.833 bits per heavy atom. The molecule has 0 spiro atoms. The fraction of sp³-hybridized carbons (Fsp3) is 0.0435. The number of imide groups is 1. The number of benzene rings is 3. The van der Waals surface area contributed by atoms with Gasteiger partial charge >= 0.3 is 0 Å². The van der Waals surface area contributed by atoms with E-state index in [-0.39, 0.29) is 11.5 Å². The van der Waals surface area contributed by atoms with Crippen LogP contribution in [0.25, 0.3) is 16.7 Å². The van der Waals surface area contributed by atoms with Gasteiger partial charge in [0.2, 0.25) is 0 Å². The van der Waals surface area contributed by atoms with Gasteiger partial charge in [-0.1, -0.05) is 35.9 Å². The summed E-state index contributed by atoms with van der Waals surface area (Å²) in [4.78, 5) is 24.7. The van der Waals surface area contributed by atoms with E-state index in [1.165, 1.54) is 18.3 Å². The fourth-order valence-electron chi connectivity index (χ4n) is 3.24. The molecule has 0 bridgehead atoms. The molecule has 150 valence electrons. The summed E-state index contributed by atoms with van der Waals surface area (Å²) >= 11 is 5.96. The lowest BCUT2D eigenvalue weighted by atomic mass is 9.91. The Balaban J connectivity index is 1.66. The average Bonchev–Trinajstić information content (AvgIpc) is 2.73. The molecule has 0 fully saturated rings. The lowest BCUT2D eigenvalue weighted by molar-refractivity contribution is -0.114. The Morgan fingerprint density at radius 2 is 1.57 bits per heavy atom. The van der Waals surface area contributed by atoms with Gasteiger partial charge in [-0.25, -0.2) is 0 Å². The molecule has 0 atom stereocenters. The number of aromatic hydroxyl groups is 2. The quantitative estimate of drug-likeness (QED) is 0.292. The Kier molecular flexibility index (Phi) is 5.16. The topological polar surface area (TPSA) is 98.7 Å². The second-order valence-corrected chi connectivity index (χ2v) is 7.25. The van der Waals surface area contributed by atoms with E-state index in [4.69, 9.17) is 11.6 Å². The average molecular weight is 421 g/mol. The molecule has 3 aromatic rings. The van der Waals surface area contributed by atoms with Gasteiger partial charge in [0.15, 0.2) is 11.5 Å². The van der Waals surface area contributed by atoms with Crippen LogP contribution in [-0.4, -0.2) is 22.0 Å². The van der Waals surface area contributed by atoms with E-state index in [2.05, 4.69) is 10.6 Å². The molecule has 0 aliphatic carbocycles. The number of carbonyl (C=O) groups is 2. The van der Waals surface area contributed by atoms with Crippen molar-refractivity contribution in [2.75, 3.05) is 0 Å². The lowest BCUT2D eigenvalue weighted by Crippen LogP contribution is -2.37. The summed E-state index contributed by atoms with van der Waals surface area (Å²) in [6.07, 6.45) is 1.54. The molecular formula is C23H17ClN2O4. The highest BCUT2D eigenvalue weighted by atomic mass is 35.5. The molecule has 1 aliphatic heterocycles. The van der Waals surface area contributed by atoms with Crippen LogP contribution < -0.4 is 10.6 Å². The van der Waals surface area contributed by atoms with Crippen LogP contribution in [-0.2, 0) is 11.3 Å². The highest BCUT2D eigenvalue weighted by molar-refractivity contribution is 6.31. The third-order valence-electron chi connectivity index (χ3n) is 4.80. The summed E-state index contributed by atoms with van der Waals surface area (Å²) in [6, 6.07) is 17.1. The van der Waals surface area contributed by atoms with E-state index in [0.717, 1.165) is 11.1 Å². The fourth-order valence-corrected chi connectivity index (χ4v) is 3.37. The number of hydrogen-bond acceptors (Lipinski definition) is 5. The zero-order valence-electron chi connectivity index (χ0n) is 15.6. The van der Waals surface area contributed by atoms with Crippen molar-refractivity contribution in [1.82, 2.24) is 10.6 Å². The number of nitrogens with one attached hydrogen (secondary N) is 2. The van der Waals surface area contributed by atoms with Crippen LogP contribution >= 0.6 is 11.6 Å². The number of hydrogen-bond donors (Lipinski definition) is 4. The number of carbonyl (C=O) groups excluding carboxylic acids is 2. The number of amides is 2. The maximum Gasteiger partial charge on any atom is 0.260 e. The minimum atomic E-state index is -0.498. The zero-order valence-corrected chi connectivity index (χ0v) is 16.4. The van der Waals surface area contributed by atoms with Crippen molar-refractivity contribution in [1.29, 1.82) is 0 Å². The highest BCUT2D eigenvalue weighted by Gasteiger charge is 2.27. The summed E-state index contributed by atoms with van der Waals surface area (Å²) in [5.41, 5.74) is 3.72. The van der Waals surface area contributed by atoms with Gasteiger partial charge in [-0.15, -0.1) is 0 Å². The van der Waals surface area contributed by atoms with Gasteiger partial charge in [0.1, 0.15) is 0 Å². The molecule has 0 aromatic heterocycles. The minimum Gasteiger partial charge on any atom is -0.504 e. The lowest BCUT2D eigenvalue weighted by Gasteiger charge is -2.19. The SMILES string of the molecule is O=C1NC(=O)c2ccc(-c3ccc(Cl)cc3)cc2/C1=C\NCc1ccc(O)c(O)c1. The van der Waals surface area contributed by atoms with E-state index in [1.807, 2.05) is 18.2 Å². The Hall–Kier alpha value is -3.77. The van der Waals surface area contributed by atoms with Crippen LogP contribution in [0.4, 0.5) is 0 Å². The maximum atomic E-state index is 12.5. The normalized spacial score (nSPS) is 14.4. The van der Waals surface area contributed by atoms with Crippen LogP contribution in [0.2, 0.25) is 5.02 Å². The predicted octanol–water partition coefficient (Wildman–Crippen LogP) is 3.82. The summed E-state index contributed by atoms with van der Waals surface area (Å²) in [7, 11) is 0. The molecule has 30 heavy (non-hydrogen) atoms. The number of halogens is 1. The van der Waals surface area contributed by atoms with Gasteiger partial charge in [-0.3, -0.25) is 14.9 Å². The number of rotatable bonds is 4. The minimum absolute atomic E-state index is 0.203. The van der Waals surface area contributed by atoms with E-state index >= 15 is 0 Å². The van der Waals surface area contributed by atoms with Crippen LogP contribution in [0, 0.1) is 0 Å². The third kappa shape index (κ3) is 3.86. The second kappa shape index (κ2) is 7.93. The number of phenolic OH excluding ortho intramolecular Hbond substituents is 2. The zero-order chi connectivity index (χ0) is 21.3. The first-order valence-electron chi connectivity index (χ1n) is 9.13. The number of fused-ring (bicyclic) bond motifs is 1. The van der Waals surface area contributed by atoms with Crippen molar-refractivity contribution in [2.24, 2.45) is 0 Å². The summed E-state index contributed by atoms with van der Waals surface area (Å²) < 4.78 is 0. The van der Waals surface area contributed by atoms with Crippen molar-refractivity contribution in [3.05, 3.63) is 88.6 Å². The summed E-state index contributed by atoms with van der Waals surface area (Å²) in [5, 5.41) is 25.0. The van der Waals surface area contributed by atoms with Crippen molar-refractivity contribution < 1.29 is 19.8 Å². The molecule has 2 amide bonds. The Morgan fingerprint density at radius 3 is 2.30 bits per heavy atom. The van der Waals surface area contributed by atoms with E-state index < -0.39 is 11.8 Å². The van der Waals surface area contributed by atoms with Crippen molar-refractivity contribution in [3.8, 4) is 22.6 Å². The summed E-state index contributed by atoms with van der Waals surface area (Å²) in [6.45, 7) is 0.310. The maximum absolute atomic E-state index is 12.5. The van der Waals surface area contributed by atoms with Gasteiger partial charge in [0, 0.05) is 28.9 Å². The van der Waals surface area contributed by atoms with Gasteiger partial charge in [0.25, 0.3) is 11.8 Å². The van der Waals surface area contributed by atoms with Gasteiger partial charge in [-0.2, -0.15) is 0 Å². The van der Waals surface area contributed by atoms with Gasteiger partial charge in [0.05, 0.1) is 5.57 Å². The molecule has 0 unspecified atom stereocenters. The monoisotopic (exact) mass is 420 g/mol. The van der Waals surface area contributed by atoms with Crippen molar-refractivity contribution >= 4 is 29.0 Å². The summed E-state index contributed by atoms with van der Waals surface area (Å²) in [5.74, 6) is -1.37. The predicted molar refractivity (Wildman–Crippen MR) is 114 cm³/mol. The molecule has 7 heteroatoms. The smallest absolute Gasteiger partial charge is 0.260 e. The van der Waals surface area contributed by atoms with Gasteiger partial charge in [-0.05, 0) is 53.1 Å². The molecule has 1 heterocycles. The van der Waals surface area contributed by atoms with E-state index in [0.29, 0.717) is 33.8 Å². The highest BCUT2D eigenvalue weighted by Crippen LogP contribution is 2.30. The van der Waals surface area contributed by atoms with Crippen LogP contribution in [0.5, 0.6) is 11.5 Å². The molecule has 3 aromatic carbocycles. The molecule has 0 radical (unpaired) electrons. The molecule has 0 saturated heterocycles. The Bertz CT molecular complexity index is 1190. The van der Waals surface area contributed by atoms with E-state index in [1.54, 1.807) is 30.3 Å². The van der Waals surface area contributed by atoms with Crippen molar-refractivity contribution in [2.45, 2.75) is 6.54 Å².